The topological polar surface area (TPSA) is 0 Å². The van der Waals surface area contributed by atoms with E-state index < -0.39 is 0 Å². The molecule has 122 valence electrons. The number of hydrogen-bond acceptors (Lipinski definition) is 0. The van der Waals surface area contributed by atoms with Crippen LogP contribution in [0.3, 0.4) is 0 Å². The highest BCUT2D eigenvalue weighted by atomic mass is 14.2. The van der Waals surface area contributed by atoms with Crippen molar-refractivity contribution in [2.24, 2.45) is 5.92 Å². The third-order valence-electron chi connectivity index (χ3n) is 5.85. The zero-order chi connectivity index (χ0) is 17.1. The van der Waals surface area contributed by atoms with Gasteiger partial charge in [-0.25, -0.2) is 0 Å². The van der Waals surface area contributed by atoms with E-state index in [9.17, 15) is 0 Å². The van der Waals surface area contributed by atoms with Crippen LogP contribution in [-0.4, -0.2) is 0 Å². The molecule has 0 radical (unpaired) electrons. The smallest absolute Gasteiger partial charge is 0.00205 e. The highest BCUT2D eigenvalue weighted by molar-refractivity contribution is 6.25. The lowest BCUT2D eigenvalue weighted by Gasteiger charge is -2.20. The maximum Gasteiger partial charge on any atom is -0.00205 e. The molecule has 0 N–H and O–H groups in total. The van der Waals surface area contributed by atoms with Gasteiger partial charge >= 0.3 is 0 Å². The average molecular weight is 322 g/mol. The average Bonchev–Trinajstić information content (AvgIpc) is 2.61. The zero-order valence-corrected chi connectivity index (χ0v) is 15.1. The van der Waals surface area contributed by atoms with Crippen LogP contribution in [0.2, 0.25) is 0 Å². The Balaban J connectivity index is 1.93. The van der Waals surface area contributed by atoms with Crippen molar-refractivity contribution in [2.45, 2.75) is 27.2 Å². The van der Waals surface area contributed by atoms with Crippen LogP contribution in [0.4, 0.5) is 0 Å². The van der Waals surface area contributed by atoms with Crippen molar-refractivity contribution in [1.82, 2.24) is 0 Å². The summed E-state index contributed by atoms with van der Waals surface area (Å²) < 4.78 is 0. The standard InChI is InChI=1S/C25H22/c1-15-4-10-20(17(3)14-15)22-12-8-19-7-11-21-16(2)5-6-18-9-13-23(22)25(19)24(18)21/h4-13,15H,14H2,1-3H3. The van der Waals surface area contributed by atoms with Crippen LogP contribution in [0.1, 0.15) is 31.4 Å². The second-order valence-corrected chi connectivity index (χ2v) is 7.65. The van der Waals surface area contributed by atoms with Crippen LogP contribution in [0.15, 0.2) is 66.3 Å². The van der Waals surface area contributed by atoms with Gasteiger partial charge in [0.2, 0.25) is 0 Å². The Morgan fingerprint density at radius 3 is 2.16 bits per heavy atom. The fourth-order valence-corrected chi connectivity index (χ4v) is 4.57. The summed E-state index contributed by atoms with van der Waals surface area (Å²) in [5.74, 6) is 0.645. The fourth-order valence-electron chi connectivity index (χ4n) is 4.57. The Kier molecular flexibility index (Phi) is 3.06. The van der Waals surface area contributed by atoms with Crippen LogP contribution in [0.25, 0.3) is 37.9 Å². The Morgan fingerprint density at radius 2 is 1.40 bits per heavy atom. The summed E-state index contributed by atoms with van der Waals surface area (Å²) >= 11 is 0. The van der Waals surface area contributed by atoms with Crippen molar-refractivity contribution in [1.29, 1.82) is 0 Å². The van der Waals surface area contributed by atoms with Crippen LogP contribution < -0.4 is 0 Å². The van der Waals surface area contributed by atoms with E-state index in [2.05, 4.69) is 81.5 Å². The van der Waals surface area contributed by atoms with Gasteiger partial charge in [0.05, 0.1) is 0 Å². The van der Waals surface area contributed by atoms with E-state index in [1.54, 1.807) is 0 Å². The van der Waals surface area contributed by atoms with E-state index in [1.165, 1.54) is 54.6 Å². The van der Waals surface area contributed by atoms with Gasteiger partial charge in [0.25, 0.3) is 0 Å². The number of allylic oxidation sites excluding steroid dienone is 4. The van der Waals surface area contributed by atoms with Gasteiger partial charge in [-0.2, -0.15) is 0 Å². The normalized spacial score (nSPS) is 18.1. The van der Waals surface area contributed by atoms with Crippen molar-refractivity contribution in [3.8, 4) is 0 Å². The Bertz CT molecular complexity index is 1190. The molecule has 0 heterocycles. The third-order valence-corrected chi connectivity index (χ3v) is 5.85. The van der Waals surface area contributed by atoms with Gasteiger partial charge in [0, 0.05) is 0 Å². The predicted octanol–water partition coefficient (Wildman–Crippen LogP) is 7.26. The molecule has 1 aliphatic rings. The minimum Gasteiger partial charge on any atom is -0.0808 e. The SMILES string of the molecule is CC1=C(c2ccc3ccc4c(C)ccc5ccc2c3c54)C=CC(C)C1. The third kappa shape index (κ3) is 2.07. The highest BCUT2D eigenvalue weighted by Gasteiger charge is 2.16. The largest absolute Gasteiger partial charge is 0.0808 e. The minimum atomic E-state index is 0.645. The second-order valence-electron chi connectivity index (χ2n) is 7.65. The predicted molar refractivity (Wildman–Crippen MR) is 110 cm³/mol. The van der Waals surface area contributed by atoms with E-state index in [0.717, 1.165) is 6.42 Å². The lowest BCUT2D eigenvalue weighted by Crippen LogP contribution is -2.00. The molecule has 0 fully saturated rings. The lowest BCUT2D eigenvalue weighted by atomic mass is 9.84. The van der Waals surface area contributed by atoms with E-state index in [-0.39, 0.29) is 0 Å². The van der Waals surface area contributed by atoms with E-state index in [1.807, 2.05) is 0 Å². The van der Waals surface area contributed by atoms with Gasteiger partial charge in [-0.15, -0.1) is 0 Å². The molecule has 0 saturated heterocycles. The van der Waals surface area contributed by atoms with Gasteiger partial charge < -0.3 is 0 Å². The van der Waals surface area contributed by atoms with Crippen molar-refractivity contribution < 1.29 is 0 Å². The molecule has 0 heteroatoms. The highest BCUT2D eigenvalue weighted by Crippen LogP contribution is 2.40. The molecule has 0 bridgehead atoms. The molecule has 1 atom stereocenters. The van der Waals surface area contributed by atoms with Gasteiger partial charge in [-0.3, -0.25) is 0 Å². The van der Waals surface area contributed by atoms with E-state index in [0.29, 0.717) is 5.92 Å². The number of benzene rings is 4. The molecule has 0 saturated carbocycles. The van der Waals surface area contributed by atoms with Crippen LogP contribution in [-0.2, 0) is 0 Å². The molecule has 1 aliphatic carbocycles. The lowest BCUT2D eigenvalue weighted by molar-refractivity contribution is 0.710. The number of rotatable bonds is 1. The first-order valence-electron chi connectivity index (χ1n) is 9.19. The summed E-state index contributed by atoms with van der Waals surface area (Å²) in [5.41, 5.74) is 5.65. The summed E-state index contributed by atoms with van der Waals surface area (Å²) in [4.78, 5) is 0. The first-order chi connectivity index (χ1) is 12.1. The summed E-state index contributed by atoms with van der Waals surface area (Å²) in [5, 5.41) is 8.29. The first kappa shape index (κ1) is 14.7. The van der Waals surface area contributed by atoms with Gasteiger partial charge in [-0.1, -0.05) is 73.2 Å². The van der Waals surface area contributed by atoms with Crippen LogP contribution in [0, 0.1) is 12.8 Å². The minimum absolute atomic E-state index is 0.645. The first-order valence-corrected chi connectivity index (χ1v) is 9.19. The van der Waals surface area contributed by atoms with Crippen molar-refractivity contribution in [3.63, 3.8) is 0 Å². The monoisotopic (exact) mass is 322 g/mol. The Hall–Kier alpha value is -2.60. The molecule has 4 aromatic carbocycles. The molecule has 5 rings (SSSR count). The summed E-state index contributed by atoms with van der Waals surface area (Å²) in [7, 11) is 0. The maximum absolute atomic E-state index is 2.35. The van der Waals surface area contributed by atoms with Crippen LogP contribution >= 0.6 is 0 Å². The number of aryl methyl sites for hydroxylation is 1. The molecule has 1 unspecified atom stereocenters. The molecule has 0 amide bonds. The van der Waals surface area contributed by atoms with Crippen LogP contribution in [0.5, 0.6) is 0 Å². The van der Waals surface area contributed by atoms with E-state index >= 15 is 0 Å². The summed E-state index contributed by atoms with van der Waals surface area (Å²) in [6.07, 6.45) is 5.85. The van der Waals surface area contributed by atoms with E-state index in [4.69, 9.17) is 0 Å². The molecule has 0 nitrogen and oxygen atoms in total. The molecule has 0 spiro atoms. The van der Waals surface area contributed by atoms with Gasteiger partial charge in [-0.05, 0) is 75.2 Å². The summed E-state index contributed by atoms with van der Waals surface area (Å²) in [6.45, 7) is 6.80. The number of hydrogen-bond donors (Lipinski definition) is 0. The molecular weight excluding hydrogens is 300 g/mol. The Morgan fingerprint density at radius 1 is 0.760 bits per heavy atom. The van der Waals surface area contributed by atoms with Gasteiger partial charge in [0.1, 0.15) is 0 Å². The van der Waals surface area contributed by atoms with Crippen molar-refractivity contribution >= 4 is 37.9 Å². The molecule has 4 aromatic rings. The van der Waals surface area contributed by atoms with Crippen molar-refractivity contribution in [2.75, 3.05) is 0 Å². The molecule has 25 heavy (non-hydrogen) atoms. The van der Waals surface area contributed by atoms with Gasteiger partial charge in [0.15, 0.2) is 0 Å². The quantitative estimate of drug-likeness (QED) is 0.323. The molecule has 0 aliphatic heterocycles. The molecular formula is C25H22. The summed E-state index contributed by atoms with van der Waals surface area (Å²) in [6, 6.07) is 18.3. The Labute approximate surface area is 148 Å². The van der Waals surface area contributed by atoms with Crippen molar-refractivity contribution in [3.05, 3.63) is 77.4 Å². The fraction of sp³-hybridized carbons (Fsp3) is 0.200. The molecule has 0 aromatic heterocycles. The maximum atomic E-state index is 2.35. The second kappa shape index (κ2) is 5.20. The zero-order valence-electron chi connectivity index (χ0n) is 15.1.